The Morgan fingerprint density at radius 3 is 2.41 bits per heavy atom. The highest BCUT2D eigenvalue weighted by Gasteiger charge is 2.20. The molecule has 0 aliphatic carbocycles. The first-order chi connectivity index (χ1) is 13.1. The largest absolute Gasteiger partial charge is 0.493 e. The van der Waals surface area contributed by atoms with Gasteiger partial charge in [-0.3, -0.25) is 4.79 Å². The number of carbonyl (C=O) groups is 1. The summed E-state index contributed by atoms with van der Waals surface area (Å²) in [5, 5.41) is 2.17. The summed E-state index contributed by atoms with van der Waals surface area (Å²) in [7, 11) is 1.64. The molecule has 0 unspecified atom stereocenters. The lowest BCUT2D eigenvalue weighted by atomic mass is 10.0. The molecule has 0 heterocycles. The number of hydrogen-bond acceptors (Lipinski definition) is 4. The Kier molecular flexibility index (Phi) is 8.14. The molecule has 2 rings (SSSR count). The van der Waals surface area contributed by atoms with Crippen LogP contribution in [0.2, 0.25) is 0 Å². The number of carbonyl (C=O) groups excluding carboxylic acids is 1. The van der Waals surface area contributed by atoms with E-state index in [0.717, 1.165) is 29.2 Å². The highest BCUT2D eigenvalue weighted by atomic mass is 16.5. The maximum Gasteiger partial charge on any atom is 0.312 e. The molecule has 2 aromatic rings. The Morgan fingerprint density at radius 1 is 1.04 bits per heavy atom. The third-order valence-corrected chi connectivity index (χ3v) is 4.36. The molecule has 5 nitrogen and oxygen atoms in total. The van der Waals surface area contributed by atoms with Crippen molar-refractivity contribution >= 4 is 5.97 Å². The lowest BCUT2D eigenvalue weighted by molar-refractivity contribution is -0.710. The van der Waals surface area contributed by atoms with Crippen LogP contribution in [0.3, 0.4) is 0 Å². The molecule has 0 aromatic heterocycles. The van der Waals surface area contributed by atoms with E-state index < -0.39 is 0 Å². The Hall–Kier alpha value is -2.53. The molecule has 5 heteroatoms. The quantitative estimate of drug-likeness (QED) is 0.651. The summed E-state index contributed by atoms with van der Waals surface area (Å²) in [4.78, 5) is 12.0. The van der Waals surface area contributed by atoms with Gasteiger partial charge in [-0.05, 0) is 39.0 Å². The van der Waals surface area contributed by atoms with Crippen LogP contribution in [0.25, 0.3) is 0 Å². The van der Waals surface area contributed by atoms with Crippen LogP contribution in [0.4, 0.5) is 0 Å². The molecule has 1 atom stereocenters. The number of ether oxygens (including phenoxy) is 3. The summed E-state index contributed by atoms with van der Waals surface area (Å²) in [6.07, 6.45) is 0.339. The van der Waals surface area contributed by atoms with Gasteiger partial charge in [0.25, 0.3) is 0 Å². The van der Waals surface area contributed by atoms with Gasteiger partial charge >= 0.3 is 5.97 Å². The standard InChI is InChI=1S/C22H29NO4/c1-5-26-21-13-17(9-12-20(21)25-4)15-23-19(14-22(24)27-6-2)18-10-7-16(3)8-11-18/h7-13,19,23H,5-6,14-15H2,1-4H3/p+1/t19-/m0/s1. The molecule has 0 bridgehead atoms. The van der Waals surface area contributed by atoms with Crippen molar-refractivity contribution in [3.63, 3.8) is 0 Å². The second-order valence-electron chi connectivity index (χ2n) is 6.38. The number of nitrogens with two attached hydrogens (primary N) is 1. The lowest BCUT2D eigenvalue weighted by Crippen LogP contribution is -2.84. The van der Waals surface area contributed by atoms with E-state index in [0.29, 0.717) is 19.6 Å². The molecule has 0 radical (unpaired) electrons. The first-order valence-electron chi connectivity index (χ1n) is 9.42. The monoisotopic (exact) mass is 372 g/mol. The van der Waals surface area contributed by atoms with Gasteiger partial charge in [-0.25, -0.2) is 0 Å². The molecule has 0 fully saturated rings. The highest BCUT2D eigenvalue weighted by molar-refractivity contribution is 5.70. The number of methoxy groups -OCH3 is 1. The number of quaternary nitrogens is 1. The number of hydrogen-bond donors (Lipinski definition) is 1. The predicted molar refractivity (Wildman–Crippen MR) is 105 cm³/mol. The van der Waals surface area contributed by atoms with Crippen LogP contribution < -0.4 is 14.8 Å². The summed E-state index contributed by atoms with van der Waals surface area (Å²) in [6.45, 7) is 7.54. The van der Waals surface area contributed by atoms with Gasteiger partial charge in [0.15, 0.2) is 11.5 Å². The molecule has 2 aromatic carbocycles. The Morgan fingerprint density at radius 2 is 1.78 bits per heavy atom. The number of esters is 1. The van der Waals surface area contributed by atoms with Crippen LogP contribution in [-0.2, 0) is 16.1 Å². The van der Waals surface area contributed by atoms with Crippen molar-refractivity contribution in [2.24, 2.45) is 0 Å². The molecule has 0 amide bonds. The van der Waals surface area contributed by atoms with Crippen molar-refractivity contribution in [2.75, 3.05) is 20.3 Å². The summed E-state index contributed by atoms with van der Waals surface area (Å²) in [5.41, 5.74) is 3.43. The SMILES string of the molecule is CCOC(=O)C[C@H]([NH2+]Cc1ccc(OC)c(OCC)c1)c1ccc(C)cc1. The van der Waals surface area contributed by atoms with E-state index in [9.17, 15) is 4.79 Å². The van der Waals surface area contributed by atoms with Gasteiger partial charge in [0.05, 0.1) is 20.3 Å². The smallest absolute Gasteiger partial charge is 0.312 e. The topological polar surface area (TPSA) is 61.4 Å². The number of aryl methyl sites for hydroxylation is 1. The zero-order valence-corrected chi connectivity index (χ0v) is 16.7. The van der Waals surface area contributed by atoms with Crippen LogP contribution in [0, 0.1) is 6.92 Å². The van der Waals surface area contributed by atoms with Gasteiger partial charge in [-0.2, -0.15) is 0 Å². The van der Waals surface area contributed by atoms with Crippen LogP contribution in [0.5, 0.6) is 11.5 Å². The van der Waals surface area contributed by atoms with E-state index in [2.05, 4.69) is 36.5 Å². The van der Waals surface area contributed by atoms with E-state index in [1.807, 2.05) is 32.0 Å². The van der Waals surface area contributed by atoms with Crippen molar-refractivity contribution in [1.29, 1.82) is 0 Å². The van der Waals surface area contributed by atoms with Crippen LogP contribution in [0.1, 0.15) is 43.0 Å². The fourth-order valence-corrected chi connectivity index (χ4v) is 2.95. The molecule has 27 heavy (non-hydrogen) atoms. The summed E-state index contributed by atoms with van der Waals surface area (Å²) in [5.74, 6) is 1.29. The first-order valence-corrected chi connectivity index (χ1v) is 9.42. The minimum atomic E-state index is -0.177. The van der Waals surface area contributed by atoms with Gasteiger partial charge in [0.2, 0.25) is 0 Å². The molecular weight excluding hydrogens is 342 g/mol. The third kappa shape index (κ3) is 6.29. The molecule has 0 saturated carbocycles. The fraction of sp³-hybridized carbons (Fsp3) is 0.409. The second kappa shape index (κ2) is 10.6. The van der Waals surface area contributed by atoms with Gasteiger partial charge in [-0.15, -0.1) is 0 Å². The molecule has 0 aliphatic heterocycles. The van der Waals surface area contributed by atoms with Crippen molar-refractivity contribution in [2.45, 2.75) is 39.8 Å². The number of benzene rings is 2. The van der Waals surface area contributed by atoms with Crippen LogP contribution in [-0.4, -0.2) is 26.3 Å². The molecular formula is C22H30NO4+. The summed E-state index contributed by atoms with van der Waals surface area (Å²) in [6, 6.07) is 14.2. The van der Waals surface area contributed by atoms with Crippen molar-refractivity contribution in [3.05, 3.63) is 59.2 Å². The van der Waals surface area contributed by atoms with Gasteiger partial charge < -0.3 is 19.5 Å². The van der Waals surface area contributed by atoms with Crippen LogP contribution >= 0.6 is 0 Å². The lowest BCUT2D eigenvalue weighted by Gasteiger charge is -2.17. The predicted octanol–water partition coefficient (Wildman–Crippen LogP) is 3.16. The van der Waals surface area contributed by atoms with Gasteiger partial charge in [0, 0.05) is 11.1 Å². The Bertz CT molecular complexity index is 728. The minimum absolute atomic E-state index is 0.00213. The maximum absolute atomic E-state index is 12.0. The zero-order chi connectivity index (χ0) is 19.6. The van der Waals surface area contributed by atoms with Crippen molar-refractivity contribution in [1.82, 2.24) is 0 Å². The highest BCUT2D eigenvalue weighted by Crippen LogP contribution is 2.27. The van der Waals surface area contributed by atoms with E-state index in [1.165, 1.54) is 5.56 Å². The fourth-order valence-electron chi connectivity index (χ4n) is 2.95. The van der Waals surface area contributed by atoms with E-state index in [4.69, 9.17) is 14.2 Å². The average molecular weight is 372 g/mol. The maximum atomic E-state index is 12.0. The van der Waals surface area contributed by atoms with Gasteiger partial charge in [0.1, 0.15) is 19.0 Å². The van der Waals surface area contributed by atoms with E-state index in [1.54, 1.807) is 7.11 Å². The van der Waals surface area contributed by atoms with Gasteiger partial charge in [-0.1, -0.05) is 29.8 Å². The summed E-state index contributed by atoms with van der Waals surface area (Å²) >= 11 is 0. The first kappa shape index (κ1) is 20.8. The second-order valence-corrected chi connectivity index (χ2v) is 6.38. The van der Waals surface area contributed by atoms with Crippen LogP contribution in [0.15, 0.2) is 42.5 Å². The molecule has 0 spiro atoms. The zero-order valence-electron chi connectivity index (χ0n) is 16.7. The van der Waals surface area contributed by atoms with E-state index >= 15 is 0 Å². The molecule has 0 aliphatic rings. The third-order valence-electron chi connectivity index (χ3n) is 4.36. The summed E-state index contributed by atoms with van der Waals surface area (Å²) < 4.78 is 16.2. The molecule has 146 valence electrons. The van der Waals surface area contributed by atoms with E-state index in [-0.39, 0.29) is 12.0 Å². The normalized spacial score (nSPS) is 11.7. The van der Waals surface area contributed by atoms with Crippen molar-refractivity contribution < 1.29 is 24.3 Å². The number of rotatable bonds is 10. The van der Waals surface area contributed by atoms with Crippen molar-refractivity contribution in [3.8, 4) is 11.5 Å². The molecule has 2 N–H and O–H groups in total. The minimum Gasteiger partial charge on any atom is -0.493 e. The molecule has 0 saturated heterocycles. The Labute approximate surface area is 161 Å². The Balaban J connectivity index is 2.13. The average Bonchev–Trinajstić information content (AvgIpc) is 2.66.